The van der Waals surface area contributed by atoms with Crippen LogP contribution < -0.4 is 36.9 Å². The van der Waals surface area contributed by atoms with E-state index in [0.717, 1.165) is 11.1 Å². The summed E-state index contributed by atoms with van der Waals surface area (Å²) in [4.78, 5) is 2.92. The minimum Gasteiger partial charge on any atom is -0.356 e. The standard InChI is InChI=1S/C38H35F12N7S2/c1-51-32(52-20-30(12-22-8-4-2-5-9-22)56-33(58)54-28-16-24(35(39,40)41)14-25(17-28)36(42,43)44)53-21-31(13-23-10-6-3-7-11-23)57-34(59)55-29-18-26(37(45,46)47)15-27(19-29)38(48,49)50/h2-11,14-19,30-31H,12-13,20-21H2,1H3,(H2,51,52,53)(H2,54,56,58)(H2,55,57,59)/p+1/t30-,31?/m0/s1. The van der Waals surface area contributed by atoms with Crippen LogP contribution >= 0.6 is 24.4 Å². The molecule has 0 aliphatic carbocycles. The van der Waals surface area contributed by atoms with Crippen LogP contribution in [0.2, 0.25) is 0 Å². The molecule has 21 heteroatoms. The summed E-state index contributed by atoms with van der Waals surface area (Å²) >= 11 is 10.6. The molecule has 0 aliphatic rings. The Bertz CT molecular complexity index is 1850. The molecule has 0 bridgehead atoms. The summed E-state index contributed by atoms with van der Waals surface area (Å²) < 4.78 is 161. The predicted octanol–water partition coefficient (Wildman–Crippen LogP) is 7.50. The first-order valence-corrected chi connectivity index (χ1v) is 18.2. The molecule has 0 fully saturated rings. The molecule has 0 saturated heterocycles. The van der Waals surface area contributed by atoms with E-state index in [0.29, 0.717) is 30.2 Å². The summed E-state index contributed by atoms with van der Waals surface area (Å²) in [6.07, 6.45) is -19.7. The van der Waals surface area contributed by atoms with Crippen molar-refractivity contribution in [2.75, 3.05) is 30.8 Å². The van der Waals surface area contributed by atoms with Crippen molar-refractivity contribution in [3.8, 4) is 0 Å². The first kappa shape index (κ1) is 46.4. The van der Waals surface area contributed by atoms with E-state index in [1.54, 1.807) is 67.7 Å². The quantitative estimate of drug-likeness (QED) is 0.0342. The summed E-state index contributed by atoms with van der Waals surface area (Å²) in [5.41, 5.74) is -5.57. The molecule has 4 rings (SSSR count). The van der Waals surface area contributed by atoms with E-state index >= 15 is 0 Å². The number of benzene rings is 4. The molecule has 0 radical (unpaired) electrons. The number of guanidine groups is 1. The van der Waals surface area contributed by atoms with Gasteiger partial charge in [-0.25, -0.2) is 0 Å². The molecule has 1 unspecified atom stereocenters. The van der Waals surface area contributed by atoms with Crippen molar-refractivity contribution >= 4 is 52.0 Å². The van der Waals surface area contributed by atoms with Gasteiger partial charge in [-0.2, -0.15) is 52.7 Å². The van der Waals surface area contributed by atoms with E-state index in [2.05, 4.69) is 36.9 Å². The van der Waals surface area contributed by atoms with Crippen LogP contribution in [-0.2, 0) is 37.5 Å². The van der Waals surface area contributed by atoms with Gasteiger partial charge in [-0.15, -0.1) is 0 Å². The van der Waals surface area contributed by atoms with Crippen LogP contribution in [-0.4, -0.2) is 48.4 Å². The second-order valence-electron chi connectivity index (χ2n) is 12.9. The van der Waals surface area contributed by atoms with Gasteiger partial charge in [-0.1, -0.05) is 60.7 Å². The maximum Gasteiger partial charge on any atom is 0.416 e. The molecular weight excluding hydrogens is 847 g/mol. The maximum absolute atomic E-state index is 13.5. The lowest BCUT2D eigenvalue weighted by Crippen LogP contribution is -2.76. The second kappa shape index (κ2) is 19.6. The second-order valence-corrected chi connectivity index (χ2v) is 13.8. The topological polar surface area (TPSA) is 86.2 Å². The first-order valence-electron chi connectivity index (χ1n) is 17.3. The van der Waals surface area contributed by atoms with Gasteiger partial charge in [0, 0.05) is 11.4 Å². The smallest absolute Gasteiger partial charge is 0.356 e. The number of rotatable bonds is 12. The van der Waals surface area contributed by atoms with E-state index < -0.39 is 70.4 Å². The van der Waals surface area contributed by atoms with Crippen LogP contribution in [0.4, 0.5) is 64.1 Å². The molecule has 0 aliphatic heterocycles. The molecule has 0 aromatic heterocycles. The fourth-order valence-corrected chi connectivity index (χ4v) is 6.16. The minimum absolute atomic E-state index is 0.000702. The van der Waals surface area contributed by atoms with Crippen LogP contribution in [0.3, 0.4) is 0 Å². The van der Waals surface area contributed by atoms with Gasteiger partial charge < -0.3 is 21.3 Å². The van der Waals surface area contributed by atoms with E-state index in [-0.39, 0.29) is 48.3 Å². The molecular formula is C38H36F12N7S2+. The molecule has 4 aromatic carbocycles. The number of hydrogen-bond donors (Lipinski definition) is 7. The van der Waals surface area contributed by atoms with Crippen LogP contribution in [0, 0.1) is 0 Å². The van der Waals surface area contributed by atoms with Crippen LogP contribution in [0.15, 0.2) is 97.1 Å². The van der Waals surface area contributed by atoms with E-state index in [1.165, 1.54) is 0 Å². The minimum atomic E-state index is -5.07. The maximum atomic E-state index is 13.5. The highest BCUT2D eigenvalue weighted by Crippen LogP contribution is 2.39. The summed E-state index contributed by atoms with van der Waals surface area (Å²) in [6, 6.07) is 18.6. The average molecular weight is 883 g/mol. The number of nitrogens with one attached hydrogen (secondary N) is 7. The number of thiocarbonyl (C=S) groups is 2. The SMILES string of the molecule is C[NH+]=C(NCC(Cc1ccccc1)NC(=S)Nc1cc(C(F)(F)F)cc(C(F)(F)F)c1)NC[C@H](Cc1ccccc1)NC(=S)Nc1cc(C(F)(F)F)cc(C(F)(F)F)c1. The number of halogens is 12. The molecule has 0 amide bonds. The molecule has 2 atom stereocenters. The van der Waals surface area contributed by atoms with Crippen molar-refractivity contribution in [1.29, 1.82) is 0 Å². The molecule has 0 saturated carbocycles. The Morgan fingerprint density at radius 2 is 0.814 bits per heavy atom. The highest BCUT2D eigenvalue weighted by atomic mass is 32.1. The Labute approximate surface area is 341 Å². The van der Waals surface area contributed by atoms with E-state index in [9.17, 15) is 52.7 Å². The highest BCUT2D eigenvalue weighted by molar-refractivity contribution is 7.80. The third-order valence-electron chi connectivity index (χ3n) is 8.31. The molecule has 318 valence electrons. The Balaban J connectivity index is 1.48. The van der Waals surface area contributed by atoms with Crippen molar-refractivity contribution in [3.63, 3.8) is 0 Å². The molecule has 7 N–H and O–H groups in total. The molecule has 59 heavy (non-hydrogen) atoms. The fraction of sp³-hybridized carbons (Fsp3) is 0.289. The Morgan fingerprint density at radius 1 is 0.508 bits per heavy atom. The Hall–Kier alpha value is -5.31. The summed E-state index contributed by atoms with van der Waals surface area (Å²) in [5, 5.41) is 16.4. The van der Waals surface area contributed by atoms with Gasteiger partial charge in [0.2, 0.25) is 0 Å². The van der Waals surface area contributed by atoms with E-state index in [4.69, 9.17) is 24.4 Å². The average Bonchev–Trinajstić information content (AvgIpc) is 3.13. The van der Waals surface area contributed by atoms with Crippen molar-refractivity contribution < 1.29 is 57.7 Å². The Kier molecular flexibility index (Phi) is 15.4. The van der Waals surface area contributed by atoms with Crippen molar-refractivity contribution in [2.24, 2.45) is 0 Å². The summed E-state index contributed by atoms with van der Waals surface area (Å²) in [7, 11) is 1.56. The largest absolute Gasteiger partial charge is 0.416 e. The van der Waals surface area contributed by atoms with Gasteiger partial charge in [-0.05, 0) is 84.8 Å². The first-order chi connectivity index (χ1) is 27.5. The van der Waals surface area contributed by atoms with E-state index in [1.807, 2.05) is 0 Å². The van der Waals surface area contributed by atoms with Crippen LogP contribution in [0.5, 0.6) is 0 Å². The molecule has 0 spiro atoms. The molecule has 0 heterocycles. The number of alkyl halides is 12. The van der Waals surface area contributed by atoms with Crippen molar-refractivity contribution in [1.82, 2.24) is 21.3 Å². The van der Waals surface area contributed by atoms with Gasteiger partial charge in [0.15, 0.2) is 10.2 Å². The predicted molar refractivity (Wildman–Crippen MR) is 207 cm³/mol. The zero-order valence-electron chi connectivity index (χ0n) is 30.6. The van der Waals surface area contributed by atoms with Gasteiger partial charge in [-0.3, -0.25) is 15.6 Å². The third kappa shape index (κ3) is 15.1. The summed E-state index contributed by atoms with van der Waals surface area (Å²) in [6.45, 7) is 0.147. The normalized spacial score (nSPS) is 13.5. The third-order valence-corrected chi connectivity index (χ3v) is 8.75. The van der Waals surface area contributed by atoms with Crippen molar-refractivity contribution in [2.45, 2.75) is 49.6 Å². The Morgan fingerprint density at radius 3 is 1.08 bits per heavy atom. The van der Waals surface area contributed by atoms with Crippen LogP contribution in [0.1, 0.15) is 33.4 Å². The van der Waals surface area contributed by atoms with Gasteiger partial charge in [0.1, 0.15) is 0 Å². The zero-order valence-corrected chi connectivity index (χ0v) is 32.2. The zero-order chi connectivity index (χ0) is 43.6. The van der Waals surface area contributed by atoms with Crippen molar-refractivity contribution in [3.05, 3.63) is 130 Å². The lowest BCUT2D eigenvalue weighted by atomic mass is 10.1. The number of hydrogen-bond acceptors (Lipinski definition) is 2. The highest BCUT2D eigenvalue weighted by Gasteiger charge is 2.38. The van der Waals surface area contributed by atoms with Crippen LogP contribution in [0.25, 0.3) is 0 Å². The van der Waals surface area contributed by atoms with Gasteiger partial charge in [0.05, 0.1) is 54.5 Å². The molecule has 7 nitrogen and oxygen atoms in total. The lowest BCUT2D eigenvalue weighted by Gasteiger charge is -2.23. The monoisotopic (exact) mass is 882 g/mol. The fourth-order valence-electron chi connectivity index (χ4n) is 5.59. The number of anilines is 2. The van der Waals surface area contributed by atoms with Gasteiger partial charge >= 0.3 is 30.7 Å². The van der Waals surface area contributed by atoms with Gasteiger partial charge in [0.25, 0.3) is 0 Å². The summed E-state index contributed by atoms with van der Waals surface area (Å²) in [5.74, 6) is 0.322. The molecule has 4 aromatic rings. The lowest BCUT2D eigenvalue weighted by molar-refractivity contribution is -0.425.